The Morgan fingerprint density at radius 3 is 2.44 bits per heavy atom. The molecule has 1 nitrogen and oxygen atoms in total. The fraction of sp³-hybridized carbons (Fsp3) is 0. The summed E-state index contributed by atoms with van der Waals surface area (Å²) in [6.07, 6.45) is 9.48. The first kappa shape index (κ1) is 6.23. The SMILES string of the molecule is O[Si]1=C/C=C\C=C/C=C\1. The summed E-state index contributed by atoms with van der Waals surface area (Å²) in [5.41, 5.74) is 3.65. The zero-order chi connectivity index (χ0) is 6.53. The lowest BCUT2D eigenvalue weighted by Gasteiger charge is -1.85. The van der Waals surface area contributed by atoms with Crippen LogP contribution >= 0.6 is 0 Å². The summed E-state index contributed by atoms with van der Waals surface area (Å²) in [5.74, 6) is 0. The molecule has 0 atom stereocenters. The largest absolute Gasteiger partial charge is 0.563 e. The predicted molar refractivity (Wildman–Crippen MR) is 41.5 cm³/mol. The molecule has 0 unspecified atom stereocenters. The molecule has 0 aliphatic carbocycles. The fourth-order valence-corrected chi connectivity index (χ4v) is 1.28. The zero-order valence-electron chi connectivity index (χ0n) is 4.99. The molecule has 0 saturated carbocycles. The van der Waals surface area contributed by atoms with Gasteiger partial charge >= 0.3 is 0 Å². The van der Waals surface area contributed by atoms with Crippen LogP contribution in [0.2, 0.25) is 0 Å². The molecule has 0 fully saturated rings. The van der Waals surface area contributed by atoms with E-state index in [2.05, 4.69) is 0 Å². The lowest BCUT2D eigenvalue weighted by atomic mass is 10.4. The quantitative estimate of drug-likeness (QED) is 0.483. The van der Waals surface area contributed by atoms with E-state index in [0.717, 1.165) is 0 Å². The second-order valence-corrected chi connectivity index (χ2v) is 3.24. The van der Waals surface area contributed by atoms with Crippen molar-refractivity contribution >= 4 is 14.3 Å². The Morgan fingerprint density at radius 2 is 1.56 bits per heavy atom. The van der Waals surface area contributed by atoms with Crippen LogP contribution in [-0.4, -0.2) is 19.1 Å². The van der Waals surface area contributed by atoms with E-state index in [1.165, 1.54) is 0 Å². The Morgan fingerprint density at radius 1 is 0.889 bits per heavy atom. The van der Waals surface area contributed by atoms with E-state index < -0.39 is 8.65 Å². The maximum absolute atomic E-state index is 9.09. The average molecular weight is 136 g/mol. The minimum atomic E-state index is -1.30. The van der Waals surface area contributed by atoms with Gasteiger partial charge in [-0.3, -0.25) is 0 Å². The Bertz CT molecular complexity index is 199. The average Bonchev–Trinajstić information content (AvgIpc) is 1.79. The van der Waals surface area contributed by atoms with Gasteiger partial charge in [0.25, 0.3) is 8.65 Å². The van der Waals surface area contributed by atoms with Crippen LogP contribution in [0.25, 0.3) is 0 Å². The first-order valence-electron chi connectivity index (χ1n) is 2.80. The second-order valence-electron chi connectivity index (χ2n) is 1.72. The van der Waals surface area contributed by atoms with Gasteiger partial charge in [-0.15, -0.1) is 0 Å². The van der Waals surface area contributed by atoms with Gasteiger partial charge in [0.1, 0.15) is 0 Å². The maximum Gasteiger partial charge on any atom is 0.258 e. The van der Waals surface area contributed by atoms with Crippen LogP contribution in [0.3, 0.4) is 0 Å². The summed E-state index contributed by atoms with van der Waals surface area (Å²) in [6, 6.07) is 0. The molecule has 0 spiro atoms. The van der Waals surface area contributed by atoms with Crippen molar-refractivity contribution in [3.8, 4) is 0 Å². The monoisotopic (exact) mass is 136 g/mol. The normalized spacial score (nSPS) is 33.1. The van der Waals surface area contributed by atoms with Crippen molar-refractivity contribution in [3.63, 3.8) is 0 Å². The number of rotatable bonds is 0. The van der Waals surface area contributed by atoms with Crippen LogP contribution in [0, 0.1) is 0 Å². The van der Waals surface area contributed by atoms with Crippen molar-refractivity contribution in [1.82, 2.24) is 0 Å². The number of hydrogen-bond donors (Lipinski definition) is 1. The van der Waals surface area contributed by atoms with Crippen molar-refractivity contribution in [2.75, 3.05) is 0 Å². The third-order valence-electron chi connectivity index (χ3n) is 0.978. The predicted octanol–water partition coefficient (Wildman–Crippen LogP) is 0.576. The van der Waals surface area contributed by atoms with Gasteiger partial charge < -0.3 is 4.80 Å². The summed E-state index contributed by atoms with van der Waals surface area (Å²) >= 11 is 0. The summed E-state index contributed by atoms with van der Waals surface area (Å²) < 4.78 is 0. The summed E-state index contributed by atoms with van der Waals surface area (Å²) in [5, 5.41) is 0. The van der Waals surface area contributed by atoms with Gasteiger partial charge in [-0.05, 0) is 11.4 Å². The highest BCUT2D eigenvalue weighted by Gasteiger charge is 1.83. The minimum Gasteiger partial charge on any atom is -0.563 e. The summed E-state index contributed by atoms with van der Waals surface area (Å²) in [7, 11) is -1.30. The van der Waals surface area contributed by atoms with Gasteiger partial charge in [-0.2, -0.15) is 0 Å². The van der Waals surface area contributed by atoms with Crippen molar-refractivity contribution in [1.29, 1.82) is 0 Å². The third kappa shape index (κ3) is 2.23. The van der Waals surface area contributed by atoms with E-state index in [1.807, 2.05) is 41.8 Å². The van der Waals surface area contributed by atoms with Crippen LogP contribution in [-0.2, 0) is 0 Å². The van der Waals surface area contributed by atoms with Crippen LogP contribution < -0.4 is 0 Å². The van der Waals surface area contributed by atoms with Gasteiger partial charge in [0.15, 0.2) is 0 Å². The Kier molecular flexibility index (Phi) is 2.21. The van der Waals surface area contributed by atoms with Crippen molar-refractivity contribution in [2.45, 2.75) is 0 Å². The highest BCUT2D eigenvalue weighted by Crippen LogP contribution is 1.82. The summed E-state index contributed by atoms with van der Waals surface area (Å²) in [4.78, 5) is 9.09. The molecule has 0 radical (unpaired) electrons. The van der Waals surface area contributed by atoms with Crippen molar-refractivity contribution in [3.05, 3.63) is 36.1 Å². The molecule has 1 aliphatic rings. The van der Waals surface area contributed by atoms with Gasteiger partial charge in [-0.25, -0.2) is 0 Å². The highest BCUT2D eigenvalue weighted by molar-refractivity contribution is 6.65. The smallest absolute Gasteiger partial charge is 0.258 e. The van der Waals surface area contributed by atoms with E-state index in [4.69, 9.17) is 4.80 Å². The van der Waals surface area contributed by atoms with Crippen LogP contribution in [0.15, 0.2) is 36.1 Å². The molecule has 0 amide bonds. The van der Waals surface area contributed by atoms with Crippen molar-refractivity contribution < 1.29 is 4.80 Å². The Hall–Kier alpha value is -0.893. The minimum absolute atomic E-state index is 1.30. The number of allylic oxidation sites excluding steroid dienone is 5. The molecule has 0 saturated heterocycles. The molecular formula is C7H8OSi. The molecule has 2 heteroatoms. The molecule has 0 aromatic carbocycles. The van der Waals surface area contributed by atoms with E-state index in [9.17, 15) is 0 Å². The van der Waals surface area contributed by atoms with E-state index in [-0.39, 0.29) is 0 Å². The molecule has 9 heavy (non-hydrogen) atoms. The van der Waals surface area contributed by atoms with Crippen molar-refractivity contribution in [2.24, 2.45) is 0 Å². The molecule has 1 rings (SSSR count). The number of hydrogen-bond acceptors (Lipinski definition) is 1. The third-order valence-corrected chi connectivity index (χ3v) is 2.05. The molecule has 0 bridgehead atoms. The second kappa shape index (κ2) is 3.20. The Labute approximate surface area is 56.0 Å². The zero-order valence-corrected chi connectivity index (χ0v) is 5.99. The topological polar surface area (TPSA) is 20.2 Å². The van der Waals surface area contributed by atoms with Crippen LogP contribution in [0.5, 0.6) is 0 Å². The molecular weight excluding hydrogens is 128 g/mol. The van der Waals surface area contributed by atoms with Crippen LogP contribution in [0.1, 0.15) is 0 Å². The van der Waals surface area contributed by atoms with Gasteiger partial charge in [0.05, 0.1) is 0 Å². The summed E-state index contributed by atoms with van der Waals surface area (Å²) in [6.45, 7) is 0. The maximum atomic E-state index is 9.09. The first-order chi connectivity index (χ1) is 4.39. The lowest BCUT2D eigenvalue weighted by Crippen LogP contribution is -1.97. The molecule has 0 aromatic heterocycles. The molecule has 1 heterocycles. The molecule has 0 aromatic rings. The van der Waals surface area contributed by atoms with Crippen LogP contribution in [0.4, 0.5) is 0 Å². The molecule has 1 aliphatic heterocycles. The molecule has 1 N–H and O–H groups in total. The first-order valence-corrected chi connectivity index (χ1v) is 4.40. The van der Waals surface area contributed by atoms with E-state index in [0.29, 0.717) is 0 Å². The van der Waals surface area contributed by atoms with E-state index in [1.54, 1.807) is 0 Å². The lowest BCUT2D eigenvalue weighted by molar-refractivity contribution is 0.609. The van der Waals surface area contributed by atoms with E-state index >= 15 is 0 Å². The van der Waals surface area contributed by atoms with Gasteiger partial charge in [0.2, 0.25) is 0 Å². The molecule has 46 valence electrons. The van der Waals surface area contributed by atoms with Gasteiger partial charge in [-0.1, -0.05) is 30.4 Å². The Balaban J connectivity index is 2.77. The standard InChI is InChI=1S/C7H8OSi/c8-9-6-4-2-1-3-5-7-9/h1-8H/b2-1-,3-1?,4-2?,5-3-,6-4-,7-5?,9-6?,9-7+. The van der Waals surface area contributed by atoms with Gasteiger partial charge in [0, 0.05) is 0 Å². The fourth-order valence-electron chi connectivity index (χ4n) is 0.556. The highest BCUT2D eigenvalue weighted by atomic mass is 28.3.